The number of hydrogen-bond acceptors (Lipinski definition) is 2. The van der Waals surface area contributed by atoms with Crippen molar-refractivity contribution in [3.05, 3.63) is 34.4 Å². The number of esters is 1. The van der Waals surface area contributed by atoms with Crippen LogP contribution in [0.15, 0.2) is 12.1 Å². The van der Waals surface area contributed by atoms with Gasteiger partial charge in [0.25, 0.3) is 0 Å². The molecule has 0 aliphatic carbocycles. The van der Waals surface area contributed by atoms with Gasteiger partial charge in [0.1, 0.15) is 0 Å². The minimum atomic E-state index is -0.200. The molecule has 0 saturated heterocycles. The quantitative estimate of drug-likeness (QED) is 0.572. The van der Waals surface area contributed by atoms with Gasteiger partial charge < -0.3 is 4.74 Å². The smallest absolute Gasteiger partial charge is 0.338 e. The Morgan fingerprint density at radius 2 is 1.88 bits per heavy atom. The Morgan fingerprint density at radius 3 is 2.50 bits per heavy atom. The van der Waals surface area contributed by atoms with Crippen LogP contribution < -0.4 is 0 Å². The van der Waals surface area contributed by atoms with Crippen LogP contribution in [0.1, 0.15) is 46.8 Å². The summed E-state index contributed by atoms with van der Waals surface area (Å²) in [6.45, 7) is 8.65. The normalized spacial score (nSPS) is 10.2. The van der Waals surface area contributed by atoms with Gasteiger partial charge in [-0.1, -0.05) is 19.4 Å². The molecule has 0 atom stereocenters. The standard InChI is InChI=1S/C14H20O2/c1-5-6-9-16-14(15)13-8-7-10(2)11(3)12(13)4/h7-8H,5-6,9H2,1-4H3. The molecule has 0 bridgehead atoms. The van der Waals surface area contributed by atoms with Crippen molar-refractivity contribution in [3.63, 3.8) is 0 Å². The molecule has 0 aliphatic heterocycles. The third-order valence-electron chi connectivity index (χ3n) is 3.01. The number of carbonyl (C=O) groups is 1. The van der Waals surface area contributed by atoms with Crippen LogP contribution in [-0.2, 0) is 4.74 Å². The van der Waals surface area contributed by atoms with E-state index in [9.17, 15) is 4.79 Å². The second-order valence-corrected chi connectivity index (χ2v) is 4.17. The second-order valence-electron chi connectivity index (χ2n) is 4.17. The van der Waals surface area contributed by atoms with Crippen LogP contribution in [0.5, 0.6) is 0 Å². The fraction of sp³-hybridized carbons (Fsp3) is 0.500. The predicted molar refractivity (Wildman–Crippen MR) is 65.8 cm³/mol. The molecular formula is C14H20O2. The molecule has 88 valence electrons. The van der Waals surface area contributed by atoms with Crippen molar-refractivity contribution in [1.82, 2.24) is 0 Å². The lowest BCUT2D eigenvalue weighted by Gasteiger charge is -2.10. The molecule has 0 unspecified atom stereocenters. The summed E-state index contributed by atoms with van der Waals surface area (Å²) in [6, 6.07) is 3.82. The zero-order valence-electron chi connectivity index (χ0n) is 10.6. The fourth-order valence-corrected chi connectivity index (χ4v) is 1.56. The number of hydrogen-bond donors (Lipinski definition) is 0. The van der Waals surface area contributed by atoms with Gasteiger partial charge in [-0.2, -0.15) is 0 Å². The van der Waals surface area contributed by atoms with Crippen molar-refractivity contribution in [1.29, 1.82) is 0 Å². The Hall–Kier alpha value is -1.31. The van der Waals surface area contributed by atoms with E-state index in [1.165, 1.54) is 11.1 Å². The molecule has 0 amide bonds. The van der Waals surface area contributed by atoms with Gasteiger partial charge in [0, 0.05) is 0 Å². The highest BCUT2D eigenvalue weighted by atomic mass is 16.5. The van der Waals surface area contributed by atoms with Gasteiger partial charge in [-0.15, -0.1) is 0 Å². The Morgan fingerprint density at radius 1 is 1.19 bits per heavy atom. The molecule has 1 aromatic rings. The van der Waals surface area contributed by atoms with E-state index < -0.39 is 0 Å². The minimum absolute atomic E-state index is 0.200. The number of benzene rings is 1. The Labute approximate surface area is 97.6 Å². The zero-order chi connectivity index (χ0) is 12.1. The van der Waals surface area contributed by atoms with Crippen LogP contribution >= 0.6 is 0 Å². The van der Waals surface area contributed by atoms with Crippen molar-refractivity contribution in [2.45, 2.75) is 40.5 Å². The maximum absolute atomic E-state index is 11.8. The van der Waals surface area contributed by atoms with Gasteiger partial charge in [0.05, 0.1) is 12.2 Å². The van der Waals surface area contributed by atoms with Crippen molar-refractivity contribution in [2.24, 2.45) is 0 Å². The maximum atomic E-state index is 11.8. The molecule has 0 N–H and O–H groups in total. The van der Waals surface area contributed by atoms with E-state index in [0.717, 1.165) is 18.4 Å². The lowest BCUT2D eigenvalue weighted by molar-refractivity contribution is 0.0499. The molecular weight excluding hydrogens is 200 g/mol. The average molecular weight is 220 g/mol. The average Bonchev–Trinajstić information content (AvgIpc) is 2.26. The van der Waals surface area contributed by atoms with E-state index in [-0.39, 0.29) is 5.97 Å². The van der Waals surface area contributed by atoms with Crippen LogP contribution in [0.25, 0.3) is 0 Å². The number of aryl methyl sites for hydroxylation is 1. The lowest BCUT2D eigenvalue weighted by atomic mass is 9.99. The summed E-state index contributed by atoms with van der Waals surface area (Å²) in [6.07, 6.45) is 1.97. The zero-order valence-corrected chi connectivity index (χ0v) is 10.6. The molecule has 2 nitrogen and oxygen atoms in total. The van der Waals surface area contributed by atoms with E-state index >= 15 is 0 Å². The summed E-state index contributed by atoms with van der Waals surface area (Å²) >= 11 is 0. The monoisotopic (exact) mass is 220 g/mol. The Kier molecular flexibility index (Phi) is 4.53. The highest BCUT2D eigenvalue weighted by molar-refractivity contribution is 5.91. The second kappa shape index (κ2) is 5.69. The highest BCUT2D eigenvalue weighted by Crippen LogP contribution is 2.17. The largest absolute Gasteiger partial charge is 0.462 e. The number of carbonyl (C=O) groups excluding carboxylic acids is 1. The van der Waals surface area contributed by atoms with Gasteiger partial charge >= 0.3 is 5.97 Å². The molecule has 16 heavy (non-hydrogen) atoms. The van der Waals surface area contributed by atoms with Gasteiger partial charge in [0.2, 0.25) is 0 Å². The summed E-state index contributed by atoms with van der Waals surface area (Å²) in [4.78, 5) is 11.8. The van der Waals surface area contributed by atoms with Crippen LogP contribution in [0.2, 0.25) is 0 Å². The minimum Gasteiger partial charge on any atom is -0.462 e. The van der Waals surface area contributed by atoms with Gasteiger partial charge in [-0.25, -0.2) is 4.79 Å². The summed E-state index contributed by atoms with van der Waals surface area (Å²) in [5, 5.41) is 0. The molecule has 0 aromatic heterocycles. The molecule has 1 rings (SSSR count). The van der Waals surface area contributed by atoms with E-state index in [2.05, 4.69) is 13.8 Å². The van der Waals surface area contributed by atoms with E-state index in [1.54, 1.807) is 0 Å². The fourth-order valence-electron chi connectivity index (χ4n) is 1.56. The van der Waals surface area contributed by atoms with E-state index in [0.29, 0.717) is 12.2 Å². The van der Waals surface area contributed by atoms with Crippen LogP contribution in [0.4, 0.5) is 0 Å². The van der Waals surface area contributed by atoms with E-state index in [1.807, 2.05) is 26.0 Å². The summed E-state index contributed by atoms with van der Waals surface area (Å²) < 4.78 is 5.21. The van der Waals surface area contributed by atoms with Crippen molar-refractivity contribution < 1.29 is 9.53 Å². The maximum Gasteiger partial charge on any atom is 0.338 e. The number of unbranched alkanes of at least 4 members (excludes halogenated alkanes) is 1. The third kappa shape index (κ3) is 2.84. The number of ether oxygens (including phenoxy) is 1. The van der Waals surface area contributed by atoms with Crippen LogP contribution in [0.3, 0.4) is 0 Å². The topological polar surface area (TPSA) is 26.3 Å². The van der Waals surface area contributed by atoms with Crippen molar-refractivity contribution >= 4 is 5.97 Å². The SMILES string of the molecule is CCCCOC(=O)c1ccc(C)c(C)c1C. The summed E-state index contributed by atoms with van der Waals surface area (Å²) in [7, 11) is 0. The van der Waals surface area contributed by atoms with E-state index in [4.69, 9.17) is 4.74 Å². The summed E-state index contributed by atoms with van der Waals surface area (Å²) in [5.74, 6) is -0.200. The van der Waals surface area contributed by atoms with Crippen molar-refractivity contribution in [2.75, 3.05) is 6.61 Å². The number of rotatable bonds is 4. The molecule has 0 radical (unpaired) electrons. The molecule has 2 heteroatoms. The first-order valence-electron chi connectivity index (χ1n) is 5.81. The van der Waals surface area contributed by atoms with Gasteiger partial charge in [-0.3, -0.25) is 0 Å². The first-order chi connectivity index (χ1) is 7.57. The Balaban J connectivity index is 2.80. The van der Waals surface area contributed by atoms with Gasteiger partial charge in [0.15, 0.2) is 0 Å². The Bertz CT molecular complexity index is 381. The molecule has 1 aromatic carbocycles. The predicted octanol–water partition coefficient (Wildman–Crippen LogP) is 3.57. The van der Waals surface area contributed by atoms with Crippen LogP contribution in [0, 0.1) is 20.8 Å². The molecule has 0 fully saturated rings. The molecule has 0 aliphatic rings. The molecule has 0 saturated carbocycles. The third-order valence-corrected chi connectivity index (χ3v) is 3.01. The van der Waals surface area contributed by atoms with Crippen LogP contribution in [-0.4, -0.2) is 12.6 Å². The lowest BCUT2D eigenvalue weighted by Crippen LogP contribution is -2.09. The summed E-state index contributed by atoms with van der Waals surface area (Å²) in [5.41, 5.74) is 4.10. The molecule has 0 heterocycles. The van der Waals surface area contributed by atoms with Gasteiger partial charge in [-0.05, 0) is 49.9 Å². The van der Waals surface area contributed by atoms with Crippen molar-refractivity contribution in [3.8, 4) is 0 Å². The highest BCUT2D eigenvalue weighted by Gasteiger charge is 2.12. The first kappa shape index (κ1) is 12.8. The first-order valence-corrected chi connectivity index (χ1v) is 5.81. The molecule has 0 spiro atoms.